The van der Waals surface area contributed by atoms with Gasteiger partial charge in [0.25, 0.3) is 10.0 Å². The number of nitrogens with zero attached hydrogens (tertiary/aromatic N) is 1. The predicted octanol–water partition coefficient (Wildman–Crippen LogP) is 2.60. The van der Waals surface area contributed by atoms with Gasteiger partial charge in [0.2, 0.25) is 0 Å². The lowest BCUT2D eigenvalue weighted by molar-refractivity contribution is 0.415. The quantitative estimate of drug-likeness (QED) is 0.802. The van der Waals surface area contributed by atoms with E-state index in [9.17, 15) is 8.42 Å². The molecule has 2 rings (SSSR count). The molecule has 1 aromatic heterocycles. The summed E-state index contributed by atoms with van der Waals surface area (Å²) in [6.45, 7) is 2.57. The number of sulfonamides is 1. The number of hydrogen-bond donors (Lipinski definition) is 0. The highest BCUT2D eigenvalue weighted by atomic mass is 79.9. The summed E-state index contributed by atoms with van der Waals surface area (Å²) in [6, 6.07) is 3.68. The Morgan fingerprint density at radius 3 is 2.88 bits per heavy atom. The van der Waals surface area contributed by atoms with Gasteiger partial charge in [0.05, 0.1) is 0 Å². The zero-order valence-corrected chi connectivity index (χ0v) is 12.2. The molecule has 0 N–H and O–H groups in total. The van der Waals surface area contributed by atoms with E-state index in [0.717, 1.165) is 23.0 Å². The molecule has 16 heavy (non-hydrogen) atoms. The molecule has 0 radical (unpaired) electrons. The molecule has 1 aromatic rings. The third kappa shape index (κ3) is 2.20. The predicted molar refractivity (Wildman–Crippen MR) is 69.8 cm³/mol. The summed E-state index contributed by atoms with van der Waals surface area (Å²) in [4.78, 5) is 1.04. The van der Waals surface area contributed by atoms with Gasteiger partial charge in [0.1, 0.15) is 4.21 Å². The lowest BCUT2D eigenvalue weighted by atomic mass is 10.3. The first-order chi connectivity index (χ1) is 7.55. The molecule has 2 heterocycles. The standard InChI is InChI=1S/C10H14BrNO2S2/c1-8-4-5-10(15-8)16(13,14)12-6-2-3-9(12)7-11/h4-5,9H,2-3,6-7H2,1H3/t9-/m0/s1. The van der Waals surface area contributed by atoms with Crippen LogP contribution in [0.1, 0.15) is 17.7 Å². The second kappa shape index (κ2) is 4.76. The highest BCUT2D eigenvalue weighted by molar-refractivity contribution is 9.09. The minimum absolute atomic E-state index is 0.118. The van der Waals surface area contributed by atoms with E-state index >= 15 is 0 Å². The van der Waals surface area contributed by atoms with Gasteiger partial charge in [-0.1, -0.05) is 15.9 Å². The second-order valence-electron chi connectivity index (χ2n) is 3.93. The Balaban J connectivity index is 2.32. The van der Waals surface area contributed by atoms with Crippen LogP contribution in [0.2, 0.25) is 0 Å². The Morgan fingerprint density at radius 1 is 1.56 bits per heavy atom. The van der Waals surface area contributed by atoms with Crippen molar-refractivity contribution in [3.05, 3.63) is 17.0 Å². The van der Waals surface area contributed by atoms with Crippen molar-refractivity contribution in [2.24, 2.45) is 0 Å². The topological polar surface area (TPSA) is 37.4 Å². The highest BCUT2D eigenvalue weighted by Crippen LogP contribution is 2.30. The van der Waals surface area contributed by atoms with Crippen LogP contribution in [0.5, 0.6) is 0 Å². The van der Waals surface area contributed by atoms with Crippen molar-refractivity contribution < 1.29 is 8.42 Å². The molecule has 6 heteroatoms. The van der Waals surface area contributed by atoms with Gasteiger partial charge in [-0.3, -0.25) is 0 Å². The van der Waals surface area contributed by atoms with E-state index in [1.165, 1.54) is 11.3 Å². The van der Waals surface area contributed by atoms with Crippen molar-refractivity contribution in [1.29, 1.82) is 0 Å². The molecule has 3 nitrogen and oxygen atoms in total. The fraction of sp³-hybridized carbons (Fsp3) is 0.600. The van der Waals surface area contributed by atoms with Crippen LogP contribution in [0, 0.1) is 6.92 Å². The molecule has 1 aliphatic rings. The molecule has 1 saturated heterocycles. The summed E-state index contributed by atoms with van der Waals surface area (Å²) in [5.74, 6) is 0. The molecule has 0 spiro atoms. The monoisotopic (exact) mass is 323 g/mol. The van der Waals surface area contributed by atoms with Crippen LogP contribution in [0.15, 0.2) is 16.3 Å². The van der Waals surface area contributed by atoms with Crippen molar-refractivity contribution in [3.8, 4) is 0 Å². The van der Waals surface area contributed by atoms with Gasteiger partial charge in [-0.25, -0.2) is 8.42 Å². The summed E-state index contributed by atoms with van der Waals surface area (Å²) in [5.41, 5.74) is 0. The van der Waals surface area contributed by atoms with Gasteiger partial charge in [-0.15, -0.1) is 11.3 Å². The molecule has 0 amide bonds. The third-order valence-electron chi connectivity index (χ3n) is 2.78. The number of halogens is 1. The van der Waals surface area contributed by atoms with Crippen LogP contribution in [-0.4, -0.2) is 30.6 Å². The first kappa shape index (κ1) is 12.5. The average Bonchev–Trinajstić information content (AvgIpc) is 2.85. The summed E-state index contributed by atoms with van der Waals surface area (Å²) in [5, 5.41) is 0.719. The van der Waals surface area contributed by atoms with Crippen molar-refractivity contribution >= 4 is 37.3 Å². The zero-order chi connectivity index (χ0) is 11.8. The summed E-state index contributed by atoms with van der Waals surface area (Å²) in [6.07, 6.45) is 1.91. The lowest BCUT2D eigenvalue weighted by Gasteiger charge is -2.21. The van der Waals surface area contributed by atoms with Crippen molar-refractivity contribution in [1.82, 2.24) is 4.31 Å². The summed E-state index contributed by atoms with van der Waals surface area (Å²) in [7, 11) is -3.26. The number of rotatable bonds is 3. The van der Waals surface area contributed by atoms with Crippen LogP contribution in [0.25, 0.3) is 0 Å². The van der Waals surface area contributed by atoms with Gasteiger partial charge < -0.3 is 0 Å². The molecule has 1 atom stereocenters. The number of thiophene rings is 1. The largest absolute Gasteiger partial charge is 0.252 e. The smallest absolute Gasteiger partial charge is 0.206 e. The molecule has 1 aliphatic heterocycles. The first-order valence-electron chi connectivity index (χ1n) is 5.20. The van der Waals surface area contributed by atoms with Gasteiger partial charge in [0.15, 0.2) is 0 Å². The number of aryl methyl sites for hydroxylation is 1. The molecule has 1 fully saturated rings. The molecule has 90 valence electrons. The van der Waals surface area contributed by atoms with E-state index < -0.39 is 10.0 Å². The Kier molecular flexibility index (Phi) is 3.73. The Labute approximate surface area is 109 Å². The van der Waals surface area contributed by atoms with E-state index in [4.69, 9.17) is 0 Å². The first-order valence-corrected chi connectivity index (χ1v) is 8.58. The number of alkyl halides is 1. The fourth-order valence-electron chi connectivity index (χ4n) is 1.95. The second-order valence-corrected chi connectivity index (χ2v) is 7.98. The van der Waals surface area contributed by atoms with Crippen LogP contribution in [-0.2, 0) is 10.0 Å². The normalized spacial score (nSPS) is 22.8. The summed E-state index contributed by atoms with van der Waals surface area (Å²) >= 11 is 4.73. The molecular formula is C10H14BrNO2S2. The summed E-state index contributed by atoms with van der Waals surface area (Å²) < 4.78 is 26.8. The minimum atomic E-state index is -3.26. The van der Waals surface area contributed by atoms with Crippen LogP contribution in [0.4, 0.5) is 0 Å². The molecule has 0 bridgehead atoms. The minimum Gasteiger partial charge on any atom is -0.206 e. The van der Waals surface area contributed by atoms with Crippen molar-refractivity contribution in [3.63, 3.8) is 0 Å². The van der Waals surface area contributed by atoms with Gasteiger partial charge >= 0.3 is 0 Å². The van der Waals surface area contributed by atoms with E-state index in [2.05, 4.69) is 15.9 Å². The van der Waals surface area contributed by atoms with Crippen molar-refractivity contribution in [2.75, 3.05) is 11.9 Å². The van der Waals surface area contributed by atoms with Crippen molar-refractivity contribution in [2.45, 2.75) is 30.0 Å². The van der Waals surface area contributed by atoms with Gasteiger partial charge in [-0.05, 0) is 31.9 Å². The highest BCUT2D eigenvalue weighted by Gasteiger charge is 2.35. The van der Waals surface area contributed by atoms with E-state index in [-0.39, 0.29) is 6.04 Å². The Hall–Kier alpha value is 0.0900. The third-order valence-corrected chi connectivity index (χ3v) is 6.95. The molecular weight excluding hydrogens is 310 g/mol. The Morgan fingerprint density at radius 2 is 2.31 bits per heavy atom. The van der Waals surface area contributed by atoms with Gasteiger partial charge in [-0.2, -0.15) is 4.31 Å². The maximum Gasteiger partial charge on any atom is 0.252 e. The maximum absolute atomic E-state index is 12.3. The van der Waals surface area contributed by atoms with E-state index in [0.29, 0.717) is 10.8 Å². The van der Waals surface area contributed by atoms with E-state index in [1.54, 1.807) is 10.4 Å². The molecule has 0 saturated carbocycles. The average molecular weight is 324 g/mol. The SMILES string of the molecule is Cc1ccc(S(=O)(=O)N2CCC[C@H]2CBr)s1. The van der Waals surface area contributed by atoms with Gasteiger partial charge in [0, 0.05) is 22.8 Å². The molecule has 0 unspecified atom stereocenters. The fourth-order valence-corrected chi connectivity index (χ4v) is 5.92. The Bertz CT molecular complexity index is 469. The lowest BCUT2D eigenvalue weighted by Crippen LogP contribution is -2.36. The van der Waals surface area contributed by atoms with Crippen LogP contribution >= 0.6 is 27.3 Å². The van der Waals surface area contributed by atoms with E-state index in [1.807, 2.05) is 13.0 Å². The number of hydrogen-bond acceptors (Lipinski definition) is 3. The zero-order valence-electron chi connectivity index (χ0n) is 9.02. The molecule has 0 aromatic carbocycles. The van der Waals surface area contributed by atoms with Crippen LogP contribution < -0.4 is 0 Å². The van der Waals surface area contributed by atoms with Crippen LogP contribution in [0.3, 0.4) is 0 Å². The maximum atomic E-state index is 12.3. The molecule has 0 aliphatic carbocycles.